The summed E-state index contributed by atoms with van der Waals surface area (Å²) in [5.74, 6) is -1.35. The molecule has 4 amide bonds. The Bertz CT molecular complexity index is 589. The molecule has 2 rings (SSSR count). The Hall–Kier alpha value is -2.57. The highest BCUT2D eigenvalue weighted by molar-refractivity contribution is 6.19. The first-order valence-electron chi connectivity index (χ1n) is 6.23. The van der Waals surface area contributed by atoms with E-state index in [0.717, 1.165) is 9.80 Å². The zero-order valence-electron chi connectivity index (χ0n) is 12.2. The highest BCUT2D eigenvalue weighted by Gasteiger charge is 2.44. The fourth-order valence-electron chi connectivity index (χ4n) is 2.23. The molecule has 0 bridgehead atoms. The molecule has 0 saturated carbocycles. The van der Waals surface area contributed by atoms with Gasteiger partial charge in [-0.3, -0.25) is 19.4 Å². The summed E-state index contributed by atoms with van der Waals surface area (Å²) >= 11 is 0. The maximum absolute atomic E-state index is 12.3. The fourth-order valence-corrected chi connectivity index (χ4v) is 2.23. The van der Waals surface area contributed by atoms with Gasteiger partial charge in [0, 0.05) is 25.7 Å². The molecular formula is C14H16N2O5. The summed E-state index contributed by atoms with van der Waals surface area (Å²) in [5, 5.41) is 0. The second kappa shape index (κ2) is 5.43. The molecule has 0 N–H and O–H groups in total. The van der Waals surface area contributed by atoms with Crippen LogP contribution in [-0.4, -0.2) is 56.0 Å². The van der Waals surface area contributed by atoms with Gasteiger partial charge < -0.3 is 9.47 Å². The summed E-state index contributed by atoms with van der Waals surface area (Å²) in [7, 11) is 5.63. The van der Waals surface area contributed by atoms with Crippen molar-refractivity contribution in [2.45, 2.75) is 5.92 Å². The number of hydrogen-bond donors (Lipinski definition) is 0. The number of amides is 4. The average molecular weight is 292 g/mol. The van der Waals surface area contributed by atoms with E-state index < -0.39 is 23.8 Å². The quantitative estimate of drug-likeness (QED) is 0.772. The maximum atomic E-state index is 12.3. The Kier molecular flexibility index (Phi) is 3.84. The van der Waals surface area contributed by atoms with Crippen LogP contribution in [0.3, 0.4) is 0 Å². The number of imide groups is 2. The lowest BCUT2D eigenvalue weighted by molar-refractivity contribution is -0.143. The van der Waals surface area contributed by atoms with Gasteiger partial charge in [0.2, 0.25) is 11.8 Å². The Balaban J connectivity index is 2.51. The number of ether oxygens (including phenoxy) is 2. The van der Waals surface area contributed by atoms with E-state index in [1.807, 2.05) is 0 Å². The number of barbiturate groups is 1. The van der Waals surface area contributed by atoms with E-state index >= 15 is 0 Å². The second-order valence-corrected chi connectivity index (χ2v) is 4.62. The van der Waals surface area contributed by atoms with E-state index in [9.17, 15) is 14.4 Å². The summed E-state index contributed by atoms with van der Waals surface area (Å²) in [6, 6.07) is 4.17. The third-order valence-electron chi connectivity index (χ3n) is 3.48. The first-order chi connectivity index (χ1) is 9.92. The number of hydrogen-bond acceptors (Lipinski definition) is 5. The summed E-state index contributed by atoms with van der Waals surface area (Å²) < 4.78 is 10.3. The molecule has 112 valence electrons. The number of nitrogens with zero attached hydrogens (tertiary/aromatic N) is 2. The van der Waals surface area contributed by atoms with E-state index in [1.165, 1.54) is 28.3 Å². The van der Waals surface area contributed by atoms with Crippen LogP contribution in [0.5, 0.6) is 11.5 Å². The first kappa shape index (κ1) is 14.8. The lowest BCUT2D eigenvalue weighted by Crippen LogP contribution is -2.55. The van der Waals surface area contributed by atoms with Gasteiger partial charge in [-0.15, -0.1) is 0 Å². The minimum atomic E-state index is -1.10. The predicted octanol–water partition coefficient (Wildman–Crippen LogP) is 0.838. The molecule has 0 spiro atoms. The van der Waals surface area contributed by atoms with Crippen LogP contribution in [0.4, 0.5) is 4.79 Å². The lowest BCUT2D eigenvalue weighted by Gasteiger charge is -2.33. The predicted molar refractivity (Wildman–Crippen MR) is 73.2 cm³/mol. The summed E-state index contributed by atoms with van der Waals surface area (Å²) in [6.07, 6.45) is 0. The molecule has 1 aliphatic rings. The molecule has 0 unspecified atom stereocenters. The molecular weight excluding hydrogens is 276 g/mol. The van der Waals surface area contributed by atoms with Crippen molar-refractivity contribution in [2.24, 2.45) is 0 Å². The van der Waals surface area contributed by atoms with E-state index in [0.29, 0.717) is 17.1 Å². The van der Waals surface area contributed by atoms with Crippen molar-refractivity contribution >= 4 is 17.8 Å². The van der Waals surface area contributed by atoms with Crippen LogP contribution in [0.15, 0.2) is 18.2 Å². The van der Waals surface area contributed by atoms with Crippen molar-refractivity contribution in [3.63, 3.8) is 0 Å². The first-order valence-corrected chi connectivity index (χ1v) is 6.23. The van der Waals surface area contributed by atoms with Gasteiger partial charge in [-0.1, -0.05) is 6.07 Å². The van der Waals surface area contributed by atoms with Crippen LogP contribution in [0, 0.1) is 0 Å². The molecule has 21 heavy (non-hydrogen) atoms. The van der Waals surface area contributed by atoms with Gasteiger partial charge in [0.15, 0.2) is 0 Å². The van der Waals surface area contributed by atoms with Crippen molar-refractivity contribution in [3.05, 3.63) is 23.8 Å². The Morgan fingerprint density at radius 1 is 0.952 bits per heavy atom. The average Bonchev–Trinajstić information content (AvgIpc) is 2.51. The van der Waals surface area contributed by atoms with Crippen LogP contribution >= 0.6 is 0 Å². The van der Waals surface area contributed by atoms with Crippen molar-refractivity contribution in [1.29, 1.82) is 0 Å². The van der Waals surface area contributed by atoms with Crippen molar-refractivity contribution < 1.29 is 23.9 Å². The number of rotatable bonds is 3. The standard InChI is InChI=1S/C14H16N2O5/c1-15-12(17)11(13(18)16(2)14(15)19)9-6-5-8(20-3)7-10(9)21-4/h5-7,11H,1-4H3. The molecule has 1 aromatic rings. The topological polar surface area (TPSA) is 76.2 Å². The number of methoxy groups -OCH3 is 2. The number of benzene rings is 1. The zero-order chi connectivity index (χ0) is 15.7. The minimum absolute atomic E-state index is 0.359. The Labute approximate surface area is 122 Å². The van der Waals surface area contributed by atoms with Gasteiger partial charge in [0.25, 0.3) is 0 Å². The van der Waals surface area contributed by atoms with Gasteiger partial charge in [-0.25, -0.2) is 4.79 Å². The maximum Gasteiger partial charge on any atom is 0.332 e. The summed E-state index contributed by atoms with van der Waals surface area (Å²) in [5.41, 5.74) is 0.402. The SMILES string of the molecule is COc1ccc(C2C(=O)N(C)C(=O)N(C)C2=O)c(OC)c1. The molecule has 0 aromatic heterocycles. The third kappa shape index (κ3) is 2.31. The molecule has 1 heterocycles. The van der Waals surface area contributed by atoms with Gasteiger partial charge >= 0.3 is 6.03 Å². The zero-order valence-corrected chi connectivity index (χ0v) is 12.2. The normalized spacial score (nSPS) is 16.5. The van der Waals surface area contributed by atoms with Crippen LogP contribution in [0.1, 0.15) is 11.5 Å². The van der Waals surface area contributed by atoms with Crippen molar-refractivity contribution in [2.75, 3.05) is 28.3 Å². The molecule has 7 heteroatoms. The second-order valence-electron chi connectivity index (χ2n) is 4.62. The van der Waals surface area contributed by atoms with Gasteiger partial charge in [-0.05, 0) is 6.07 Å². The highest BCUT2D eigenvalue weighted by atomic mass is 16.5. The molecule has 0 atom stereocenters. The van der Waals surface area contributed by atoms with Gasteiger partial charge in [0.1, 0.15) is 17.4 Å². The van der Waals surface area contributed by atoms with Crippen LogP contribution in [-0.2, 0) is 9.59 Å². The summed E-state index contributed by atoms with van der Waals surface area (Å²) in [6.45, 7) is 0. The van der Waals surface area contributed by atoms with E-state index in [1.54, 1.807) is 18.2 Å². The van der Waals surface area contributed by atoms with E-state index in [4.69, 9.17) is 9.47 Å². The molecule has 1 fully saturated rings. The van der Waals surface area contributed by atoms with Crippen molar-refractivity contribution in [1.82, 2.24) is 9.80 Å². The molecule has 0 radical (unpaired) electrons. The third-order valence-corrected chi connectivity index (χ3v) is 3.48. The highest BCUT2D eigenvalue weighted by Crippen LogP contribution is 2.34. The lowest BCUT2D eigenvalue weighted by atomic mass is 9.93. The van der Waals surface area contributed by atoms with Gasteiger partial charge in [-0.2, -0.15) is 0 Å². The van der Waals surface area contributed by atoms with E-state index in [-0.39, 0.29) is 0 Å². The Morgan fingerprint density at radius 3 is 2.00 bits per heavy atom. The number of likely N-dealkylation sites (N-methyl/N-ethyl adjacent to an activating group) is 2. The number of urea groups is 1. The fraction of sp³-hybridized carbons (Fsp3) is 0.357. The van der Waals surface area contributed by atoms with Crippen LogP contribution in [0.2, 0.25) is 0 Å². The van der Waals surface area contributed by atoms with Gasteiger partial charge in [0.05, 0.1) is 14.2 Å². The molecule has 0 aliphatic carbocycles. The number of carbonyl (C=O) groups excluding carboxylic acids is 3. The molecule has 7 nitrogen and oxygen atoms in total. The van der Waals surface area contributed by atoms with Crippen LogP contribution in [0.25, 0.3) is 0 Å². The molecule has 1 aliphatic heterocycles. The van der Waals surface area contributed by atoms with E-state index in [2.05, 4.69) is 0 Å². The monoisotopic (exact) mass is 292 g/mol. The van der Waals surface area contributed by atoms with Crippen LogP contribution < -0.4 is 9.47 Å². The Morgan fingerprint density at radius 2 is 1.52 bits per heavy atom. The molecule has 1 aromatic carbocycles. The van der Waals surface area contributed by atoms with Crippen molar-refractivity contribution in [3.8, 4) is 11.5 Å². The largest absolute Gasteiger partial charge is 0.497 e. The summed E-state index contributed by atoms with van der Waals surface area (Å²) in [4.78, 5) is 38.2. The minimum Gasteiger partial charge on any atom is -0.497 e. The number of carbonyl (C=O) groups is 3. The molecule has 1 saturated heterocycles. The smallest absolute Gasteiger partial charge is 0.332 e.